The van der Waals surface area contributed by atoms with Crippen LogP contribution in [0.2, 0.25) is 0 Å². The van der Waals surface area contributed by atoms with Crippen molar-refractivity contribution in [1.82, 2.24) is 31.6 Å². The van der Waals surface area contributed by atoms with Gasteiger partial charge in [-0.25, -0.2) is 0 Å². The molecule has 1 aromatic heterocycles. The molecule has 21 nitrogen and oxygen atoms in total. The largest absolute Gasteiger partial charge is 0.481 e. The summed E-state index contributed by atoms with van der Waals surface area (Å²) >= 11 is 0. The van der Waals surface area contributed by atoms with Crippen LogP contribution in [0, 0.1) is 0 Å². The van der Waals surface area contributed by atoms with E-state index in [9.17, 15) is 38.7 Å². The smallest absolute Gasteiger partial charge is 0.305 e. The van der Waals surface area contributed by atoms with Gasteiger partial charge in [-0.15, -0.1) is 0 Å². The van der Waals surface area contributed by atoms with E-state index in [4.69, 9.17) is 28.7 Å². The van der Waals surface area contributed by atoms with Gasteiger partial charge in [-0.3, -0.25) is 38.6 Å². The summed E-state index contributed by atoms with van der Waals surface area (Å²) in [6.45, 7) is 1.07. The fraction of sp³-hybridized carbons (Fsp3) is 0.417. The van der Waals surface area contributed by atoms with Crippen molar-refractivity contribution in [3.8, 4) is 0 Å². The number of hydrogen-bond donors (Lipinski definition) is 12. The first-order valence-corrected chi connectivity index (χ1v) is 23.0. The summed E-state index contributed by atoms with van der Waals surface area (Å²) in [6.07, 6.45) is 2.57. The second-order valence-corrected chi connectivity index (χ2v) is 17.2. The van der Waals surface area contributed by atoms with Crippen LogP contribution in [0.1, 0.15) is 62.5 Å². The summed E-state index contributed by atoms with van der Waals surface area (Å²) in [4.78, 5) is 105. The number of amides is 6. The second-order valence-electron chi connectivity index (χ2n) is 17.2. The first kappa shape index (κ1) is 52.4. The highest BCUT2D eigenvalue weighted by Crippen LogP contribution is 2.28. The lowest BCUT2D eigenvalue weighted by Crippen LogP contribution is -2.67. The molecule has 1 aliphatic heterocycles. The summed E-state index contributed by atoms with van der Waals surface area (Å²) in [5.74, 6) is -6.06. The molecule has 2 heterocycles. The Morgan fingerprint density at radius 3 is 1.91 bits per heavy atom. The Kier molecular flexibility index (Phi) is 19.4. The molecule has 0 aliphatic carbocycles. The first-order chi connectivity index (χ1) is 33.1. The van der Waals surface area contributed by atoms with Crippen LogP contribution in [0.3, 0.4) is 0 Å². The monoisotopic (exact) mass is 952 g/mol. The lowest BCUT2D eigenvalue weighted by molar-refractivity contribution is -0.141. The number of nitrogens with zero attached hydrogens (tertiary/aromatic N) is 2. The minimum Gasteiger partial charge on any atom is -0.481 e. The minimum atomic E-state index is -1.62. The summed E-state index contributed by atoms with van der Waals surface area (Å²) < 4.78 is 0. The summed E-state index contributed by atoms with van der Waals surface area (Å²) in [5, 5.41) is 24.1. The number of carboxylic acids is 1. The number of aliphatic carboxylic acids is 1. The fourth-order valence-electron chi connectivity index (χ4n) is 8.26. The number of carboxylic acid groups (broad SMARTS) is 1. The predicted molar refractivity (Wildman–Crippen MR) is 261 cm³/mol. The molecule has 1 fully saturated rings. The normalized spacial score (nSPS) is 15.3. The number of fused-ring (bicyclic) bond motifs is 1. The van der Waals surface area contributed by atoms with Crippen molar-refractivity contribution in [3.63, 3.8) is 0 Å². The zero-order valence-electron chi connectivity index (χ0n) is 38.5. The van der Waals surface area contributed by atoms with Gasteiger partial charge in [-0.2, -0.15) is 0 Å². The van der Waals surface area contributed by atoms with Gasteiger partial charge in [0.05, 0.1) is 12.5 Å². The average molecular weight is 952 g/mol. The Bertz CT molecular complexity index is 2400. The van der Waals surface area contributed by atoms with Crippen molar-refractivity contribution >= 4 is 64.0 Å². The van der Waals surface area contributed by atoms with Gasteiger partial charge in [0.15, 0.2) is 5.96 Å². The number of guanidine groups is 1. The number of aromatic nitrogens is 1. The molecule has 0 radical (unpaired) electrons. The number of rotatable bonds is 26. The van der Waals surface area contributed by atoms with Gasteiger partial charge < -0.3 is 70.2 Å². The van der Waals surface area contributed by atoms with Crippen molar-refractivity contribution in [2.75, 3.05) is 31.1 Å². The molecule has 3 aromatic carbocycles. The van der Waals surface area contributed by atoms with Gasteiger partial charge in [-0.1, -0.05) is 66.7 Å². The molecule has 0 saturated carbocycles. The number of anilines is 1. The highest BCUT2D eigenvalue weighted by Gasteiger charge is 2.45. The van der Waals surface area contributed by atoms with Crippen molar-refractivity contribution in [3.05, 3.63) is 102 Å². The first-order valence-electron chi connectivity index (χ1n) is 23.0. The maximum atomic E-state index is 14.7. The number of hydrogen-bond acceptors (Lipinski definition) is 11. The van der Waals surface area contributed by atoms with Crippen LogP contribution in [-0.4, -0.2) is 119 Å². The number of carbonyl (C=O) groups excluding carboxylic acids is 6. The van der Waals surface area contributed by atoms with Crippen LogP contribution >= 0.6 is 0 Å². The molecule has 69 heavy (non-hydrogen) atoms. The highest BCUT2D eigenvalue weighted by molar-refractivity contribution is 5.99. The molecule has 1 saturated heterocycles. The van der Waals surface area contributed by atoms with Gasteiger partial charge in [0.25, 0.3) is 0 Å². The second kappa shape index (κ2) is 25.6. The quantitative estimate of drug-likeness (QED) is 0.0215. The van der Waals surface area contributed by atoms with Gasteiger partial charge in [0, 0.05) is 55.3 Å². The molecule has 6 amide bonds. The zero-order chi connectivity index (χ0) is 49.9. The van der Waals surface area contributed by atoms with E-state index >= 15 is 0 Å². The van der Waals surface area contributed by atoms with E-state index in [0.29, 0.717) is 43.6 Å². The van der Waals surface area contributed by atoms with Gasteiger partial charge in [0.2, 0.25) is 35.4 Å². The molecule has 0 spiro atoms. The molecule has 370 valence electrons. The third-order valence-electron chi connectivity index (χ3n) is 12.1. The SMILES string of the molecule is NCCCC[C@H](NC(=O)[C@H](Cc1c[nH]c2ccccc12)NC(=O)[C@H](CCCN=C(N)N)NC(=O)[C@@H](Cc1ccccc1)NC(=O)C1(NC(=O)[C@@H](N)CC(=O)O)CCN(c2ccccc2)CC1)C(N)=O. The van der Waals surface area contributed by atoms with Crippen LogP contribution < -0.4 is 60.2 Å². The number of H-pyrrole nitrogens is 1. The number of primary amides is 1. The molecule has 21 heteroatoms. The molecular weight excluding hydrogens is 887 g/mol. The van der Waals surface area contributed by atoms with Crippen LogP contribution in [0.5, 0.6) is 0 Å². The van der Waals surface area contributed by atoms with Gasteiger partial charge in [0.1, 0.15) is 29.7 Å². The van der Waals surface area contributed by atoms with Crippen LogP contribution in [0.15, 0.2) is 96.1 Å². The van der Waals surface area contributed by atoms with E-state index in [1.165, 1.54) is 0 Å². The number of nitrogens with one attached hydrogen (secondary N) is 6. The lowest BCUT2D eigenvalue weighted by Gasteiger charge is -2.43. The molecule has 4 aromatic rings. The average Bonchev–Trinajstić information content (AvgIpc) is 3.74. The van der Waals surface area contributed by atoms with Crippen molar-refractivity contribution in [2.45, 2.75) is 100.0 Å². The Balaban J connectivity index is 1.45. The third kappa shape index (κ3) is 15.5. The number of unbranched alkanes of at least 4 members (excludes halogenated alkanes) is 1. The van der Waals surface area contributed by atoms with Gasteiger partial charge in [-0.05, 0) is 80.8 Å². The Hall–Kier alpha value is -7.52. The van der Waals surface area contributed by atoms with E-state index in [-0.39, 0.29) is 57.5 Å². The number of aromatic amines is 1. The number of carbonyl (C=O) groups is 7. The predicted octanol–water partition coefficient (Wildman–Crippen LogP) is -0.482. The van der Waals surface area contributed by atoms with E-state index in [1.54, 1.807) is 36.5 Å². The number of benzene rings is 3. The van der Waals surface area contributed by atoms with Crippen molar-refractivity contribution < 1.29 is 38.7 Å². The van der Waals surface area contributed by atoms with E-state index in [2.05, 4.69) is 36.6 Å². The summed E-state index contributed by atoms with van der Waals surface area (Å²) in [5.41, 5.74) is 29.9. The Morgan fingerprint density at radius 2 is 1.28 bits per heavy atom. The molecule has 0 bridgehead atoms. The van der Waals surface area contributed by atoms with E-state index in [0.717, 1.165) is 16.6 Å². The number of aliphatic imine (C=N–C) groups is 1. The lowest BCUT2D eigenvalue weighted by atomic mass is 9.85. The van der Waals surface area contributed by atoms with Crippen molar-refractivity contribution in [1.29, 1.82) is 0 Å². The molecule has 17 N–H and O–H groups in total. The maximum absolute atomic E-state index is 14.7. The summed E-state index contributed by atoms with van der Waals surface area (Å²) in [6, 6.07) is 19.2. The zero-order valence-corrected chi connectivity index (χ0v) is 38.5. The topological polar surface area (TPSA) is 361 Å². The van der Waals surface area contributed by atoms with Crippen LogP contribution in [-0.2, 0) is 46.4 Å². The third-order valence-corrected chi connectivity index (χ3v) is 12.1. The number of para-hydroxylation sites is 2. The molecule has 5 atom stereocenters. The fourth-order valence-corrected chi connectivity index (χ4v) is 8.26. The Morgan fingerprint density at radius 1 is 0.696 bits per heavy atom. The highest BCUT2D eigenvalue weighted by atomic mass is 16.4. The maximum Gasteiger partial charge on any atom is 0.305 e. The molecular formula is C48H65N13O8. The molecule has 5 rings (SSSR count). The number of nitrogens with two attached hydrogens (primary N) is 5. The van der Waals surface area contributed by atoms with E-state index < -0.39 is 83.6 Å². The Labute approximate surface area is 400 Å². The van der Waals surface area contributed by atoms with E-state index in [1.807, 2.05) is 59.5 Å². The number of piperidine rings is 1. The van der Waals surface area contributed by atoms with Crippen LogP contribution in [0.4, 0.5) is 5.69 Å². The van der Waals surface area contributed by atoms with Crippen molar-refractivity contribution in [2.24, 2.45) is 33.7 Å². The van der Waals surface area contributed by atoms with Crippen LogP contribution in [0.25, 0.3) is 10.9 Å². The summed E-state index contributed by atoms with van der Waals surface area (Å²) in [7, 11) is 0. The molecule has 0 unspecified atom stereocenters. The standard InChI is InChI=1S/C48H65N13O8/c49-22-10-9-18-36(41(51)64)56-45(68)39(27-31-29-55-35-17-8-7-16-33(31)35)58-43(66)37(19-11-23-54-47(52)53)57-44(67)38(26-30-12-3-1-4-13-30)59-46(69)48(60-42(65)34(50)28-40(62)63)20-24-61(25-21-48)32-14-5-2-6-15-32/h1-8,12-17,29,34,36-39,55H,9-11,18-28,49-50H2,(H2,51,64)(H,56,68)(H,57,67)(H,58,66)(H,59,69)(H,60,65)(H,62,63)(H4,52,53,54)/t34-,36-,37-,38+,39-/m0/s1. The molecule has 1 aliphatic rings. The minimum absolute atomic E-state index is 0.0249. The van der Waals surface area contributed by atoms with Gasteiger partial charge >= 0.3 is 5.97 Å².